The van der Waals surface area contributed by atoms with Crippen molar-refractivity contribution in [3.8, 4) is 0 Å². The van der Waals surface area contributed by atoms with E-state index < -0.39 is 23.0 Å². The van der Waals surface area contributed by atoms with E-state index in [1.807, 2.05) is 55.4 Å². The van der Waals surface area contributed by atoms with Crippen LogP contribution in [0.1, 0.15) is 82.1 Å². The third-order valence-electron chi connectivity index (χ3n) is 5.11. The van der Waals surface area contributed by atoms with Crippen LogP contribution in [0.4, 0.5) is 0 Å². The summed E-state index contributed by atoms with van der Waals surface area (Å²) in [5.41, 5.74) is -4.37. The minimum Gasteiger partial charge on any atom is -0.377 e. The van der Waals surface area contributed by atoms with Gasteiger partial charge in [0.05, 0.1) is 0 Å². The van der Waals surface area contributed by atoms with Crippen LogP contribution in [-0.2, 0) is 9.59 Å². The van der Waals surface area contributed by atoms with E-state index in [1.54, 1.807) is 13.8 Å². The number of carbonyl (C=O) groups excluding carboxylic acids is 2. The minimum absolute atomic E-state index is 0.0537. The molecule has 0 saturated carbocycles. The van der Waals surface area contributed by atoms with Gasteiger partial charge in [-0.1, -0.05) is 13.8 Å². The lowest BCUT2D eigenvalue weighted by molar-refractivity contribution is -0.203. The molecule has 0 heterocycles. The number of hydrogen-bond donors (Lipinski definition) is 2. The zero-order valence-electron chi connectivity index (χ0n) is 18.3. The van der Waals surface area contributed by atoms with Crippen molar-refractivity contribution in [1.82, 2.24) is 9.80 Å². The summed E-state index contributed by atoms with van der Waals surface area (Å²) in [5.74, 6) is -1.20. The number of hydrogen-bond acceptors (Lipinski definition) is 4. The number of aliphatic hydroxyl groups is 2. The maximum atomic E-state index is 13.3. The van der Waals surface area contributed by atoms with Crippen LogP contribution in [0, 0.1) is 0 Å². The van der Waals surface area contributed by atoms with E-state index >= 15 is 0 Å². The van der Waals surface area contributed by atoms with Gasteiger partial charge in [0.15, 0.2) is 11.2 Å². The third-order valence-corrected chi connectivity index (χ3v) is 5.11. The Balaban J connectivity index is 6.33. The second-order valence-corrected chi connectivity index (χ2v) is 8.23. The van der Waals surface area contributed by atoms with Gasteiger partial charge in [-0.2, -0.15) is 0 Å². The maximum absolute atomic E-state index is 13.3. The first-order valence-electron chi connectivity index (χ1n) is 9.83. The summed E-state index contributed by atoms with van der Waals surface area (Å²) < 4.78 is 0. The minimum atomic E-state index is -2.19. The summed E-state index contributed by atoms with van der Waals surface area (Å²) in [6.07, 6.45) is -0.107. The van der Waals surface area contributed by atoms with Crippen molar-refractivity contribution >= 4 is 11.8 Å². The highest BCUT2D eigenvalue weighted by atomic mass is 16.4. The maximum Gasteiger partial charge on any atom is 0.258 e. The average molecular weight is 373 g/mol. The van der Waals surface area contributed by atoms with E-state index in [-0.39, 0.29) is 37.0 Å². The molecule has 0 aliphatic heterocycles. The zero-order valence-corrected chi connectivity index (χ0v) is 18.3. The van der Waals surface area contributed by atoms with Crippen LogP contribution >= 0.6 is 0 Å². The van der Waals surface area contributed by atoms with Gasteiger partial charge in [0.1, 0.15) is 0 Å². The molecule has 0 rings (SSSR count). The van der Waals surface area contributed by atoms with Gasteiger partial charge in [0, 0.05) is 24.2 Å². The van der Waals surface area contributed by atoms with Gasteiger partial charge in [0.25, 0.3) is 11.8 Å². The molecular weight excluding hydrogens is 332 g/mol. The fourth-order valence-corrected chi connectivity index (χ4v) is 3.80. The summed E-state index contributed by atoms with van der Waals surface area (Å²) in [6, 6.07) is -0.655. The first-order chi connectivity index (χ1) is 11.7. The van der Waals surface area contributed by atoms with Crippen molar-refractivity contribution in [3.63, 3.8) is 0 Å². The van der Waals surface area contributed by atoms with E-state index in [0.717, 1.165) is 0 Å². The fourth-order valence-electron chi connectivity index (χ4n) is 3.80. The van der Waals surface area contributed by atoms with Crippen LogP contribution < -0.4 is 0 Å². The highest BCUT2D eigenvalue weighted by Gasteiger charge is 2.60. The van der Waals surface area contributed by atoms with Gasteiger partial charge in [-0.25, -0.2) is 0 Å². The van der Waals surface area contributed by atoms with Gasteiger partial charge in [0.2, 0.25) is 0 Å². The van der Waals surface area contributed by atoms with E-state index in [4.69, 9.17) is 0 Å². The van der Waals surface area contributed by atoms with Crippen LogP contribution in [0.3, 0.4) is 0 Å². The Bertz CT molecular complexity index is 430. The molecule has 0 aromatic carbocycles. The van der Waals surface area contributed by atoms with Crippen LogP contribution in [-0.4, -0.2) is 67.2 Å². The lowest BCUT2D eigenvalue weighted by Crippen LogP contribution is -2.71. The molecule has 0 fully saturated rings. The number of carbonyl (C=O) groups is 2. The van der Waals surface area contributed by atoms with E-state index in [9.17, 15) is 19.8 Å². The smallest absolute Gasteiger partial charge is 0.258 e. The molecule has 0 spiro atoms. The molecule has 0 aromatic rings. The summed E-state index contributed by atoms with van der Waals surface area (Å²) >= 11 is 0. The highest BCUT2D eigenvalue weighted by Crippen LogP contribution is 2.35. The van der Waals surface area contributed by atoms with Crippen molar-refractivity contribution in [2.75, 3.05) is 0 Å². The van der Waals surface area contributed by atoms with E-state index in [2.05, 4.69) is 0 Å². The molecule has 0 aromatic heterocycles. The van der Waals surface area contributed by atoms with Gasteiger partial charge in [-0.3, -0.25) is 9.59 Å². The SMILES string of the molecule is CC[C@@](O)(C(=O)N(C(C)C)C(C)C)[C@@](O)(CC)C(=O)N(C(C)C)C(C)C. The quantitative estimate of drug-likeness (QED) is 0.652. The second kappa shape index (κ2) is 9.18. The second-order valence-electron chi connectivity index (χ2n) is 8.23. The number of rotatable bonds is 9. The van der Waals surface area contributed by atoms with Gasteiger partial charge in [-0.15, -0.1) is 0 Å². The molecule has 0 unspecified atom stereocenters. The summed E-state index contributed by atoms with van der Waals surface area (Å²) in [5, 5.41) is 22.7. The molecular formula is C20H40N2O4. The molecule has 2 N–H and O–H groups in total. The predicted octanol–water partition coefficient (Wildman–Crippen LogP) is 2.56. The van der Waals surface area contributed by atoms with Crippen molar-refractivity contribution in [3.05, 3.63) is 0 Å². The molecule has 2 atom stereocenters. The van der Waals surface area contributed by atoms with Crippen LogP contribution in [0.2, 0.25) is 0 Å². The predicted molar refractivity (Wildman–Crippen MR) is 105 cm³/mol. The van der Waals surface area contributed by atoms with Gasteiger partial charge < -0.3 is 20.0 Å². The Morgan fingerprint density at radius 3 is 0.962 bits per heavy atom. The molecule has 6 heteroatoms. The Hall–Kier alpha value is -1.14. The van der Waals surface area contributed by atoms with Crippen LogP contribution in [0.15, 0.2) is 0 Å². The first kappa shape index (κ1) is 24.9. The summed E-state index contributed by atoms with van der Waals surface area (Å²) in [6.45, 7) is 18.1. The summed E-state index contributed by atoms with van der Waals surface area (Å²) in [4.78, 5) is 29.7. The number of nitrogens with zero attached hydrogens (tertiary/aromatic N) is 2. The van der Waals surface area contributed by atoms with Gasteiger partial charge in [-0.05, 0) is 68.2 Å². The Labute approximate surface area is 159 Å². The molecule has 0 saturated heterocycles. The average Bonchev–Trinajstić information content (AvgIpc) is 2.51. The fraction of sp³-hybridized carbons (Fsp3) is 0.900. The Morgan fingerprint density at radius 2 is 0.846 bits per heavy atom. The molecule has 0 bridgehead atoms. The summed E-state index contributed by atoms with van der Waals surface area (Å²) in [7, 11) is 0. The molecule has 6 nitrogen and oxygen atoms in total. The van der Waals surface area contributed by atoms with Crippen molar-refractivity contribution in [1.29, 1.82) is 0 Å². The van der Waals surface area contributed by atoms with Crippen LogP contribution in [0.25, 0.3) is 0 Å². The molecule has 0 radical (unpaired) electrons. The normalized spacial score (nSPS) is 16.8. The van der Waals surface area contributed by atoms with Crippen molar-refractivity contribution < 1.29 is 19.8 Å². The van der Waals surface area contributed by atoms with Crippen LogP contribution in [0.5, 0.6) is 0 Å². The van der Waals surface area contributed by atoms with Crippen molar-refractivity contribution in [2.24, 2.45) is 0 Å². The van der Waals surface area contributed by atoms with E-state index in [1.165, 1.54) is 9.80 Å². The molecule has 0 aliphatic carbocycles. The largest absolute Gasteiger partial charge is 0.377 e. The third kappa shape index (κ3) is 4.39. The number of amides is 2. The monoisotopic (exact) mass is 372 g/mol. The Kier molecular flexibility index (Phi) is 8.77. The lowest BCUT2D eigenvalue weighted by atomic mass is 9.75. The standard InChI is InChI=1S/C20H40N2O4/c1-11-19(25,17(23)21(13(3)4)14(5)6)20(26,12-2)18(24)22(15(7)8)16(9)10/h13-16,25-26H,11-12H2,1-10H3/t19-,20-/m1/s1. The Morgan fingerprint density at radius 1 is 0.654 bits per heavy atom. The first-order valence-corrected chi connectivity index (χ1v) is 9.83. The lowest BCUT2D eigenvalue weighted by Gasteiger charge is -2.47. The molecule has 0 aliphatic rings. The highest BCUT2D eigenvalue weighted by molar-refractivity contribution is 5.97. The zero-order chi connectivity index (χ0) is 21.0. The van der Waals surface area contributed by atoms with Gasteiger partial charge >= 0.3 is 0 Å². The van der Waals surface area contributed by atoms with E-state index in [0.29, 0.717) is 0 Å². The molecule has 154 valence electrons. The van der Waals surface area contributed by atoms with Crippen molar-refractivity contribution in [2.45, 2.75) is 117 Å². The topological polar surface area (TPSA) is 81.1 Å². The molecule has 26 heavy (non-hydrogen) atoms. The molecule has 2 amide bonds.